The molecule has 1 amide bonds. The molecule has 0 aliphatic rings. The normalized spacial score (nSPS) is 10.9. The van der Waals surface area contributed by atoms with Crippen molar-refractivity contribution in [3.05, 3.63) is 64.9 Å². The summed E-state index contributed by atoms with van der Waals surface area (Å²) in [5, 5.41) is 16.9. The molecule has 2 aromatic carbocycles. The van der Waals surface area contributed by atoms with Gasteiger partial charge in [0.2, 0.25) is 4.96 Å². The van der Waals surface area contributed by atoms with E-state index in [1.807, 2.05) is 31.2 Å². The van der Waals surface area contributed by atoms with Gasteiger partial charge in [0.1, 0.15) is 10.8 Å². The molecule has 0 unspecified atom stereocenters. The molecule has 4 rings (SSSR count). The van der Waals surface area contributed by atoms with Gasteiger partial charge in [-0.2, -0.15) is 9.61 Å². The maximum absolute atomic E-state index is 12.0. The summed E-state index contributed by atoms with van der Waals surface area (Å²) in [5.41, 5.74) is 1.99. The number of nitrogens with one attached hydrogen (secondary N) is 1. The first-order chi connectivity index (χ1) is 13.6. The molecule has 1 N–H and O–H groups in total. The van der Waals surface area contributed by atoms with Crippen molar-refractivity contribution in [1.29, 1.82) is 0 Å². The number of aromatic nitrogens is 4. The van der Waals surface area contributed by atoms with Gasteiger partial charge in [-0.25, -0.2) is 0 Å². The molecule has 0 saturated carbocycles. The first-order valence-corrected chi connectivity index (χ1v) is 9.71. The molecule has 0 aliphatic carbocycles. The third-order valence-corrected chi connectivity index (χ3v) is 5.22. The lowest BCUT2D eigenvalue weighted by atomic mass is 10.1. The van der Waals surface area contributed by atoms with Crippen molar-refractivity contribution < 1.29 is 9.53 Å². The Hall–Kier alpha value is -2.97. The Morgan fingerprint density at radius 3 is 2.61 bits per heavy atom. The van der Waals surface area contributed by atoms with Crippen LogP contribution in [0.1, 0.15) is 11.4 Å². The summed E-state index contributed by atoms with van der Waals surface area (Å²) >= 11 is 7.30. The molecule has 0 saturated heterocycles. The van der Waals surface area contributed by atoms with Crippen LogP contribution in [0.5, 0.6) is 5.75 Å². The molecule has 0 bridgehead atoms. The number of hydrogen-bond donors (Lipinski definition) is 1. The predicted octanol–water partition coefficient (Wildman–Crippen LogP) is 3.51. The molecule has 0 spiro atoms. The molecule has 28 heavy (non-hydrogen) atoms. The Labute approximate surface area is 169 Å². The largest absolute Gasteiger partial charge is 0.484 e. The third kappa shape index (κ3) is 4.13. The van der Waals surface area contributed by atoms with Gasteiger partial charge in [0.15, 0.2) is 12.4 Å². The first kappa shape index (κ1) is 18.4. The van der Waals surface area contributed by atoms with Crippen molar-refractivity contribution in [1.82, 2.24) is 25.1 Å². The van der Waals surface area contributed by atoms with E-state index in [1.54, 1.807) is 28.8 Å². The van der Waals surface area contributed by atoms with Gasteiger partial charge in [-0.05, 0) is 36.8 Å². The topological polar surface area (TPSA) is 81.4 Å². The van der Waals surface area contributed by atoms with Crippen LogP contribution in [0.15, 0.2) is 48.5 Å². The molecule has 0 atom stereocenters. The van der Waals surface area contributed by atoms with Gasteiger partial charge in [-0.1, -0.05) is 47.2 Å². The Bertz CT molecular complexity index is 1110. The number of rotatable bonds is 6. The summed E-state index contributed by atoms with van der Waals surface area (Å²) in [5.74, 6) is 1.17. The number of amides is 1. The first-order valence-electron chi connectivity index (χ1n) is 8.52. The van der Waals surface area contributed by atoms with Crippen LogP contribution in [0, 0.1) is 6.92 Å². The zero-order valence-corrected chi connectivity index (χ0v) is 16.5. The molecule has 7 nitrogen and oxygen atoms in total. The van der Waals surface area contributed by atoms with Gasteiger partial charge in [0.05, 0.1) is 0 Å². The van der Waals surface area contributed by atoms with Crippen LogP contribution in [-0.2, 0) is 11.3 Å². The molecule has 2 aromatic heterocycles. The predicted molar refractivity (Wildman–Crippen MR) is 108 cm³/mol. The summed E-state index contributed by atoms with van der Waals surface area (Å²) in [4.78, 5) is 12.7. The number of halogens is 1. The minimum atomic E-state index is -0.192. The lowest BCUT2D eigenvalue weighted by Crippen LogP contribution is -2.28. The number of hydrogen-bond acceptors (Lipinski definition) is 6. The molecular weight excluding hydrogens is 398 g/mol. The van der Waals surface area contributed by atoms with E-state index < -0.39 is 0 Å². The van der Waals surface area contributed by atoms with E-state index in [4.69, 9.17) is 16.3 Å². The van der Waals surface area contributed by atoms with E-state index in [-0.39, 0.29) is 12.5 Å². The van der Waals surface area contributed by atoms with Crippen molar-refractivity contribution in [2.24, 2.45) is 0 Å². The second kappa shape index (κ2) is 7.95. The second-order valence-corrected chi connectivity index (χ2v) is 7.46. The van der Waals surface area contributed by atoms with E-state index in [9.17, 15) is 4.79 Å². The van der Waals surface area contributed by atoms with E-state index in [1.165, 1.54) is 11.3 Å². The van der Waals surface area contributed by atoms with E-state index in [0.717, 1.165) is 26.9 Å². The summed E-state index contributed by atoms with van der Waals surface area (Å²) in [7, 11) is 0. The van der Waals surface area contributed by atoms with Crippen LogP contribution in [-0.4, -0.2) is 32.3 Å². The Kier molecular flexibility index (Phi) is 5.23. The van der Waals surface area contributed by atoms with Crippen molar-refractivity contribution in [2.75, 3.05) is 6.61 Å². The quantitative estimate of drug-likeness (QED) is 0.523. The zero-order valence-electron chi connectivity index (χ0n) is 14.9. The van der Waals surface area contributed by atoms with Crippen LogP contribution in [0.4, 0.5) is 0 Å². The van der Waals surface area contributed by atoms with Gasteiger partial charge < -0.3 is 10.1 Å². The number of aryl methyl sites for hydroxylation is 1. The Morgan fingerprint density at radius 1 is 1.14 bits per heavy atom. The van der Waals surface area contributed by atoms with Crippen LogP contribution in [0.3, 0.4) is 0 Å². The molecule has 0 radical (unpaired) electrons. The number of carbonyl (C=O) groups excluding carboxylic acids is 1. The minimum absolute atomic E-state index is 0.0496. The minimum Gasteiger partial charge on any atom is -0.484 e. The molecule has 0 fully saturated rings. The van der Waals surface area contributed by atoms with Crippen molar-refractivity contribution in [2.45, 2.75) is 13.5 Å². The van der Waals surface area contributed by atoms with E-state index >= 15 is 0 Å². The Balaban J connectivity index is 1.31. The zero-order chi connectivity index (χ0) is 19.5. The van der Waals surface area contributed by atoms with Gasteiger partial charge in [-0.15, -0.1) is 10.2 Å². The monoisotopic (exact) mass is 413 g/mol. The van der Waals surface area contributed by atoms with Crippen LogP contribution in [0.2, 0.25) is 5.02 Å². The molecule has 0 aliphatic heterocycles. The maximum Gasteiger partial charge on any atom is 0.258 e. The fourth-order valence-corrected chi connectivity index (χ4v) is 3.54. The average molecular weight is 414 g/mol. The maximum atomic E-state index is 12.0. The third-order valence-electron chi connectivity index (χ3n) is 4.02. The molecular formula is C19H16ClN5O2S. The summed E-state index contributed by atoms with van der Waals surface area (Å²) in [6.07, 6.45) is 0. The molecule has 2 heterocycles. The second-order valence-electron chi connectivity index (χ2n) is 6.07. The molecule has 142 valence electrons. The number of carbonyl (C=O) groups is 1. The average Bonchev–Trinajstić information content (AvgIpc) is 3.28. The highest BCUT2D eigenvalue weighted by Gasteiger charge is 2.10. The summed E-state index contributed by atoms with van der Waals surface area (Å²) < 4.78 is 7.16. The van der Waals surface area contributed by atoms with Crippen molar-refractivity contribution in [3.8, 4) is 16.3 Å². The fourth-order valence-electron chi connectivity index (χ4n) is 2.53. The van der Waals surface area contributed by atoms with Gasteiger partial charge >= 0.3 is 0 Å². The lowest BCUT2D eigenvalue weighted by Gasteiger charge is -2.08. The molecule has 9 heteroatoms. The van der Waals surface area contributed by atoms with Gasteiger partial charge in [0.25, 0.3) is 5.91 Å². The van der Waals surface area contributed by atoms with Crippen molar-refractivity contribution >= 4 is 33.8 Å². The van der Waals surface area contributed by atoms with Crippen LogP contribution in [0.25, 0.3) is 15.5 Å². The summed E-state index contributed by atoms with van der Waals surface area (Å²) in [6.45, 7) is 2.24. The van der Waals surface area contributed by atoms with Crippen LogP contribution < -0.4 is 10.1 Å². The van der Waals surface area contributed by atoms with Crippen molar-refractivity contribution in [3.63, 3.8) is 0 Å². The van der Waals surface area contributed by atoms with Crippen LogP contribution >= 0.6 is 22.9 Å². The fraction of sp³-hybridized carbons (Fsp3) is 0.158. The number of ether oxygens (including phenoxy) is 1. The van der Waals surface area contributed by atoms with Gasteiger partial charge in [-0.3, -0.25) is 4.79 Å². The smallest absolute Gasteiger partial charge is 0.258 e. The van der Waals surface area contributed by atoms with E-state index in [0.29, 0.717) is 17.3 Å². The SMILES string of the molecule is Cc1nnc2sc(-c3ccc(CNC(=O)COc4ccc(Cl)cc4)cc3)nn12. The van der Waals surface area contributed by atoms with Gasteiger partial charge in [0, 0.05) is 17.1 Å². The highest BCUT2D eigenvalue weighted by molar-refractivity contribution is 7.19. The number of fused-ring (bicyclic) bond motifs is 1. The highest BCUT2D eigenvalue weighted by Crippen LogP contribution is 2.25. The highest BCUT2D eigenvalue weighted by atomic mass is 35.5. The summed E-state index contributed by atoms with van der Waals surface area (Å²) in [6, 6.07) is 14.8. The lowest BCUT2D eigenvalue weighted by molar-refractivity contribution is -0.123. The number of nitrogens with zero attached hydrogens (tertiary/aromatic N) is 4. The number of benzene rings is 2. The Morgan fingerprint density at radius 2 is 1.89 bits per heavy atom. The van der Waals surface area contributed by atoms with E-state index in [2.05, 4.69) is 20.6 Å². The molecule has 4 aromatic rings. The standard InChI is InChI=1S/C19H16ClN5O2S/c1-12-22-23-19-25(12)24-18(28-19)14-4-2-13(3-5-14)10-21-17(26)11-27-16-8-6-15(20)7-9-16/h2-9H,10-11H2,1H3,(H,21,26).